The average Bonchev–Trinajstić information content (AvgIpc) is 2.52. The summed E-state index contributed by atoms with van der Waals surface area (Å²) in [7, 11) is 0. The molecule has 0 heterocycles. The highest BCUT2D eigenvalue weighted by Crippen LogP contribution is 2.23. The molecule has 64 valence electrons. The van der Waals surface area contributed by atoms with Crippen molar-refractivity contribution in [1.29, 1.82) is 0 Å². The highest BCUT2D eigenvalue weighted by Gasteiger charge is 2.14. The standard InChI is InChI=1S/C8H14ClNO/c9-5-8(11)10-6-7-3-1-2-4-7/h7H,1-6H2,(H,10,11). The van der Waals surface area contributed by atoms with E-state index in [1.54, 1.807) is 0 Å². The Balaban J connectivity index is 2.06. The fourth-order valence-electron chi connectivity index (χ4n) is 1.52. The van der Waals surface area contributed by atoms with E-state index in [1.807, 2.05) is 0 Å². The van der Waals surface area contributed by atoms with Gasteiger partial charge in [0.2, 0.25) is 5.91 Å². The molecule has 1 amide bonds. The van der Waals surface area contributed by atoms with Gasteiger partial charge in [0.05, 0.1) is 0 Å². The Morgan fingerprint density at radius 1 is 1.45 bits per heavy atom. The van der Waals surface area contributed by atoms with Crippen LogP contribution >= 0.6 is 11.6 Å². The third kappa shape index (κ3) is 3.10. The minimum absolute atomic E-state index is 0.0430. The predicted octanol–water partition coefficient (Wildman–Crippen LogP) is 1.53. The van der Waals surface area contributed by atoms with Crippen molar-refractivity contribution >= 4 is 17.5 Å². The summed E-state index contributed by atoms with van der Waals surface area (Å²) in [6.45, 7) is 0.825. The molecule has 1 rings (SSSR count). The molecule has 0 aliphatic heterocycles. The zero-order valence-electron chi connectivity index (χ0n) is 6.61. The van der Waals surface area contributed by atoms with Gasteiger partial charge in [-0.05, 0) is 18.8 Å². The Morgan fingerprint density at radius 3 is 2.64 bits per heavy atom. The quantitative estimate of drug-likeness (QED) is 0.648. The molecule has 3 heteroatoms. The largest absolute Gasteiger partial charge is 0.355 e. The SMILES string of the molecule is O=C(CCl)NCC1CCCC1. The lowest BCUT2D eigenvalue weighted by Crippen LogP contribution is -2.29. The second-order valence-electron chi connectivity index (χ2n) is 3.09. The van der Waals surface area contributed by atoms with E-state index in [0.717, 1.165) is 6.54 Å². The van der Waals surface area contributed by atoms with Crippen LogP contribution in [-0.4, -0.2) is 18.3 Å². The van der Waals surface area contributed by atoms with Crippen molar-refractivity contribution in [2.45, 2.75) is 25.7 Å². The van der Waals surface area contributed by atoms with E-state index in [1.165, 1.54) is 25.7 Å². The maximum atomic E-state index is 10.7. The molecule has 0 unspecified atom stereocenters. The van der Waals surface area contributed by atoms with Gasteiger partial charge in [0.1, 0.15) is 5.88 Å². The lowest BCUT2D eigenvalue weighted by atomic mass is 10.1. The molecule has 0 aromatic heterocycles. The summed E-state index contributed by atoms with van der Waals surface area (Å²) in [5.74, 6) is 0.757. The number of carbonyl (C=O) groups is 1. The fourth-order valence-corrected chi connectivity index (χ4v) is 1.61. The van der Waals surface area contributed by atoms with Gasteiger partial charge in [-0.1, -0.05) is 12.8 Å². The van der Waals surface area contributed by atoms with Crippen LogP contribution < -0.4 is 5.32 Å². The summed E-state index contributed by atoms with van der Waals surface area (Å²) in [5.41, 5.74) is 0. The lowest BCUT2D eigenvalue weighted by Gasteiger charge is -2.08. The van der Waals surface area contributed by atoms with Gasteiger partial charge in [-0.2, -0.15) is 0 Å². The minimum atomic E-state index is -0.0430. The molecular formula is C8H14ClNO. The summed E-state index contributed by atoms with van der Waals surface area (Å²) >= 11 is 5.33. The Morgan fingerprint density at radius 2 is 2.09 bits per heavy atom. The zero-order chi connectivity index (χ0) is 8.10. The monoisotopic (exact) mass is 175 g/mol. The molecule has 1 fully saturated rings. The third-order valence-electron chi connectivity index (χ3n) is 2.18. The summed E-state index contributed by atoms with van der Waals surface area (Å²) in [6.07, 6.45) is 5.17. The van der Waals surface area contributed by atoms with Crippen LogP contribution in [0.25, 0.3) is 0 Å². The first-order valence-corrected chi connectivity index (χ1v) is 4.69. The Kier molecular flexibility index (Phi) is 3.70. The van der Waals surface area contributed by atoms with E-state index >= 15 is 0 Å². The number of halogens is 1. The van der Waals surface area contributed by atoms with Crippen molar-refractivity contribution in [3.05, 3.63) is 0 Å². The number of hydrogen-bond donors (Lipinski definition) is 1. The molecule has 0 saturated heterocycles. The summed E-state index contributed by atoms with van der Waals surface area (Å²) in [4.78, 5) is 10.7. The molecular weight excluding hydrogens is 162 g/mol. The van der Waals surface area contributed by atoms with Gasteiger partial charge in [-0.25, -0.2) is 0 Å². The lowest BCUT2D eigenvalue weighted by molar-refractivity contribution is -0.118. The topological polar surface area (TPSA) is 29.1 Å². The van der Waals surface area contributed by atoms with E-state index < -0.39 is 0 Å². The van der Waals surface area contributed by atoms with Gasteiger partial charge in [0.15, 0.2) is 0 Å². The summed E-state index contributed by atoms with van der Waals surface area (Å²) < 4.78 is 0. The fraction of sp³-hybridized carbons (Fsp3) is 0.875. The summed E-state index contributed by atoms with van der Waals surface area (Å²) in [6, 6.07) is 0. The van der Waals surface area contributed by atoms with Crippen LogP contribution in [0.15, 0.2) is 0 Å². The minimum Gasteiger partial charge on any atom is -0.355 e. The third-order valence-corrected chi connectivity index (χ3v) is 2.43. The van der Waals surface area contributed by atoms with Crippen molar-refractivity contribution < 1.29 is 4.79 Å². The van der Waals surface area contributed by atoms with Gasteiger partial charge in [0, 0.05) is 6.54 Å². The smallest absolute Gasteiger partial charge is 0.234 e. The number of rotatable bonds is 3. The van der Waals surface area contributed by atoms with Crippen molar-refractivity contribution in [3.63, 3.8) is 0 Å². The van der Waals surface area contributed by atoms with Crippen molar-refractivity contribution in [1.82, 2.24) is 5.32 Å². The normalized spacial score (nSPS) is 18.6. The van der Waals surface area contributed by atoms with E-state index in [4.69, 9.17) is 11.6 Å². The van der Waals surface area contributed by atoms with Gasteiger partial charge < -0.3 is 5.32 Å². The van der Waals surface area contributed by atoms with Crippen LogP contribution in [0.3, 0.4) is 0 Å². The van der Waals surface area contributed by atoms with Crippen LogP contribution in [-0.2, 0) is 4.79 Å². The number of carbonyl (C=O) groups excluding carboxylic acids is 1. The van der Waals surface area contributed by atoms with E-state index in [2.05, 4.69) is 5.32 Å². The Bertz CT molecular complexity index is 132. The Labute approximate surface area is 72.3 Å². The van der Waals surface area contributed by atoms with Crippen molar-refractivity contribution in [2.75, 3.05) is 12.4 Å². The van der Waals surface area contributed by atoms with Crippen LogP contribution in [0.2, 0.25) is 0 Å². The molecule has 0 aromatic rings. The number of alkyl halides is 1. The first kappa shape index (κ1) is 8.85. The second-order valence-corrected chi connectivity index (χ2v) is 3.36. The molecule has 1 saturated carbocycles. The average molecular weight is 176 g/mol. The number of nitrogens with one attached hydrogen (secondary N) is 1. The van der Waals surface area contributed by atoms with Gasteiger partial charge in [-0.15, -0.1) is 11.6 Å². The predicted molar refractivity (Wildman–Crippen MR) is 45.7 cm³/mol. The van der Waals surface area contributed by atoms with Crippen LogP contribution in [0, 0.1) is 5.92 Å². The molecule has 0 spiro atoms. The zero-order valence-corrected chi connectivity index (χ0v) is 7.36. The van der Waals surface area contributed by atoms with Gasteiger partial charge in [-0.3, -0.25) is 4.79 Å². The summed E-state index contributed by atoms with van der Waals surface area (Å²) in [5, 5.41) is 2.80. The molecule has 2 nitrogen and oxygen atoms in total. The first-order chi connectivity index (χ1) is 5.33. The van der Waals surface area contributed by atoms with Gasteiger partial charge >= 0.3 is 0 Å². The molecule has 1 N–H and O–H groups in total. The van der Waals surface area contributed by atoms with E-state index in [-0.39, 0.29) is 11.8 Å². The molecule has 1 aliphatic carbocycles. The molecule has 0 aromatic carbocycles. The molecule has 0 bridgehead atoms. The molecule has 1 aliphatic rings. The van der Waals surface area contributed by atoms with Crippen molar-refractivity contribution in [2.24, 2.45) is 5.92 Å². The number of amides is 1. The molecule has 0 atom stereocenters. The highest BCUT2D eigenvalue weighted by molar-refractivity contribution is 6.27. The maximum Gasteiger partial charge on any atom is 0.234 e. The molecule has 0 radical (unpaired) electrons. The number of hydrogen-bond acceptors (Lipinski definition) is 1. The van der Waals surface area contributed by atoms with Crippen LogP contribution in [0.1, 0.15) is 25.7 Å². The van der Waals surface area contributed by atoms with E-state index in [9.17, 15) is 4.79 Å². The van der Waals surface area contributed by atoms with Crippen molar-refractivity contribution in [3.8, 4) is 0 Å². The van der Waals surface area contributed by atoms with E-state index in [0.29, 0.717) is 5.92 Å². The van der Waals surface area contributed by atoms with Gasteiger partial charge in [0.25, 0.3) is 0 Å². The Hall–Kier alpha value is -0.240. The highest BCUT2D eigenvalue weighted by atomic mass is 35.5. The molecule has 11 heavy (non-hydrogen) atoms. The van der Waals surface area contributed by atoms with Crippen LogP contribution in [0.4, 0.5) is 0 Å². The van der Waals surface area contributed by atoms with Crippen LogP contribution in [0.5, 0.6) is 0 Å². The maximum absolute atomic E-state index is 10.7. The first-order valence-electron chi connectivity index (χ1n) is 4.15. The second kappa shape index (κ2) is 4.60.